The van der Waals surface area contributed by atoms with Gasteiger partial charge in [-0.2, -0.15) is 0 Å². The molecule has 0 spiro atoms. The second kappa shape index (κ2) is 10.9. The Balaban J connectivity index is 1.43. The molecule has 1 fully saturated rings. The van der Waals surface area contributed by atoms with E-state index in [9.17, 15) is 19.5 Å². The molecule has 2 aliphatic rings. The van der Waals surface area contributed by atoms with E-state index >= 15 is 0 Å². The number of fused-ring (bicyclic) bond motifs is 3. The van der Waals surface area contributed by atoms with Crippen LogP contribution in [0.3, 0.4) is 0 Å². The van der Waals surface area contributed by atoms with Crippen molar-refractivity contribution in [2.45, 2.75) is 64.0 Å². The number of nitrogens with one attached hydrogen (secondary N) is 1. The molecule has 0 saturated heterocycles. The molecule has 0 heterocycles. The van der Waals surface area contributed by atoms with Crippen molar-refractivity contribution in [1.29, 1.82) is 0 Å². The summed E-state index contributed by atoms with van der Waals surface area (Å²) in [4.78, 5) is 39.2. The first-order valence-corrected chi connectivity index (χ1v) is 12.5. The monoisotopic (exact) mass is 478 g/mol. The third-order valence-corrected chi connectivity index (χ3v) is 6.80. The van der Waals surface area contributed by atoms with Crippen LogP contribution in [0.2, 0.25) is 0 Å². The lowest BCUT2D eigenvalue weighted by Gasteiger charge is -2.28. The fourth-order valence-corrected chi connectivity index (χ4v) is 4.76. The minimum absolute atomic E-state index is 0.0310. The number of hydrogen-bond acceptors (Lipinski definition) is 4. The summed E-state index contributed by atoms with van der Waals surface area (Å²) in [5.74, 6) is -0.868. The number of ether oxygens (including phenoxy) is 1. The summed E-state index contributed by atoms with van der Waals surface area (Å²) in [6.07, 6.45) is 1.88. The smallest absolute Gasteiger partial charge is 0.407 e. The van der Waals surface area contributed by atoms with Crippen molar-refractivity contribution in [1.82, 2.24) is 10.2 Å². The van der Waals surface area contributed by atoms with Gasteiger partial charge in [0.2, 0.25) is 5.91 Å². The molecule has 1 unspecified atom stereocenters. The topological polar surface area (TPSA) is 95.9 Å². The first kappa shape index (κ1) is 24.8. The highest BCUT2D eigenvalue weighted by Gasteiger charge is 2.37. The molecule has 4 rings (SSSR count). The molecule has 0 radical (unpaired) electrons. The number of carboxylic acids is 1. The maximum absolute atomic E-state index is 13.3. The summed E-state index contributed by atoms with van der Waals surface area (Å²) in [7, 11) is 0. The lowest BCUT2D eigenvalue weighted by atomic mass is 9.98. The molecule has 1 saturated carbocycles. The van der Waals surface area contributed by atoms with Crippen LogP contribution in [-0.2, 0) is 14.3 Å². The third kappa shape index (κ3) is 6.02. The zero-order valence-electron chi connectivity index (χ0n) is 20.4. The van der Waals surface area contributed by atoms with Crippen molar-refractivity contribution >= 4 is 18.0 Å². The molecule has 0 aromatic heterocycles. The van der Waals surface area contributed by atoms with Crippen molar-refractivity contribution < 1.29 is 24.2 Å². The Morgan fingerprint density at radius 2 is 1.60 bits per heavy atom. The number of alkyl carbamates (subject to hydrolysis) is 1. The fraction of sp³-hybridized carbons (Fsp3) is 0.464. The molecule has 35 heavy (non-hydrogen) atoms. The van der Waals surface area contributed by atoms with E-state index in [2.05, 4.69) is 31.3 Å². The molecule has 0 bridgehead atoms. The second-order valence-electron chi connectivity index (χ2n) is 9.90. The largest absolute Gasteiger partial charge is 0.481 e. The predicted molar refractivity (Wildman–Crippen MR) is 133 cm³/mol. The summed E-state index contributed by atoms with van der Waals surface area (Å²) in [6, 6.07) is 15.4. The molecule has 0 aliphatic heterocycles. The SMILES string of the molecule is CC(C)CCN(C(=O)C(CCC(=O)O)NC(=O)OCC1c2ccccc2-c2ccccc21)C1CC1. The number of nitrogens with zero attached hydrogens (tertiary/aromatic N) is 1. The molecular weight excluding hydrogens is 444 g/mol. The Labute approximate surface area is 206 Å². The van der Waals surface area contributed by atoms with Gasteiger partial charge in [0.15, 0.2) is 0 Å². The summed E-state index contributed by atoms with van der Waals surface area (Å²) < 4.78 is 5.61. The Bertz CT molecular complexity index is 1030. The van der Waals surface area contributed by atoms with E-state index in [4.69, 9.17) is 4.74 Å². The minimum Gasteiger partial charge on any atom is -0.481 e. The van der Waals surface area contributed by atoms with Crippen LogP contribution in [0, 0.1) is 5.92 Å². The number of hydrogen-bond donors (Lipinski definition) is 2. The second-order valence-corrected chi connectivity index (χ2v) is 9.90. The van der Waals surface area contributed by atoms with Gasteiger partial charge in [0, 0.05) is 24.9 Å². The van der Waals surface area contributed by atoms with Gasteiger partial charge in [-0.1, -0.05) is 62.4 Å². The first-order valence-electron chi connectivity index (χ1n) is 12.5. The standard InChI is InChI=1S/C28H34N2O5/c1-18(2)15-16-30(19-11-12-19)27(33)25(13-14-26(31)32)29-28(34)35-17-24-22-9-5-3-7-20(22)21-8-4-6-10-23(21)24/h3-10,18-19,24-25H,11-17H2,1-2H3,(H,29,34)(H,31,32). The number of amides is 2. The highest BCUT2D eigenvalue weighted by molar-refractivity contribution is 5.87. The van der Waals surface area contributed by atoms with Gasteiger partial charge in [0.25, 0.3) is 0 Å². The maximum Gasteiger partial charge on any atom is 0.407 e. The molecule has 1 atom stereocenters. The quantitative estimate of drug-likeness (QED) is 0.484. The van der Waals surface area contributed by atoms with Gasteiger partial charge in [0.1, 0.15) is 12.6 Å². The van der Waals surface area contributed by atoms with Crippen LogP contribution in [0.4, 0.5) is 4.79 Å². The number of rotatable bonds is 11. The molecule has 7 heteroatoms. The van der Waals surface area contributed by atoms with E-state index in [1.165, 1.54) is 0 Å². The van der Waals surface area contributed by atoms with Crippen LogP contribution < -0.4 is 5.32 Å². The van der Waals surface area contributed by atoms with Crippen LogP contribution in [0.1, 0.15) is 63.0 Å². The first-order chi connectivity index (χ1) is 16.8. The van der Waals surface area contributed by atoms with Crippen LogP contribution >= 0.6 is 0 Å². The molecule has 7 nitrogen and oxygen atoms in total. The Morgan fingerprint density at radius 3 is 2.14 bits per heavy atom. The van der Waals surface area contributed by atoms with E-state index in [1.54, 1.807) is 0 Å². The van der Waals surface area contributed by atoms with Gasteiger partial charge in [0.05, 0.1) is 0 Å². The Hall–Kier alpha value is -3.35. The zero-order chi connectivity index (χ0) is 24.9. The van der Waals surface area contributed by atoms with E-state index in [-0.39, 0.29) is 37.3 Å². The molecule has 2 N–H and O–H groups in total. The third-order valence-electron chi connectivity index (χ3n) is 6.80. The normalized spacial score (nSPS) is 15.3. The van der Waals surface area contributed by atoms with Gasteiger partial charge < -0.3 is 20.1 Å². The molecule has 2 aliphatic carbocycles. The number of carbonyl (C=O) groups is 3. The van der Waals surface area contributed by atoms with Gasteiger partial charge in [-0.05, 0) is 53.9 Å². The zero-order valence-corrected chi connectivity index (χ0v) is 20.4. The van der Waals surface area contributed by atoms with Crippen molar-refractivity contribution in [2.75, 3.05) is 13.2 Å². The average molecular weight is 479 g/mol. The Kier molecular flexibility index (Phi) is 7.73. The maximum atomic E-state index is 13.3. The Morgan fingerprint density at radius 1 is 1.00 bits per heavy atom. The van der Waals surface area contributed by atoms with E-state index in [0.717, 1.165) is 41.5 Å². The van der Waals surface area contributed by atoms with Crippen molar-refractivity contribution in [2.24, 2.45) is 5.92 Å². The molecule has 186 valence electrons. The van der Waals surface area contributed by atoms with Gasteiger partial charge in [-0.3, -0.25) is 9.59 Å². The molecule has 2 aromatic carbocycles. The van der Waals surface area contributed by atoms with Crippen molar-refractivity contribution in [3.63, 3.8) is 0 Å². The van der Waals surface area contributed by atoms with Gasteiger partial charge >= 0.3 is 12.1 Å². The number of benzene rings is 2. The van der Waals surface area contributed by atoms with Crippen LogP contribution in [0.5, 0.6) is 0 Å². The average Bonchev–Trinajstić information content (AvgIpc) is 3.62. The van der Waals surface area contributed by atoms with E-state index < -0.39 is 18.1 Å². The summed E-state index contributed by atoms with van der Waals surface area (Å²) in [6.45, 7) is 4.95. The highest BCUT2D eigenvalue weighted by atomic mass is 16.5. The molecule has 2 aromatic rings. The number of carbonyl (C=O) groups excluding carboxylic acids is 2. The molecular formula is C28H34N2O5. The van der Waals surface area contributed by atoms with Crippen LogP contribution in [0.25, 0.3) is 11.1 Å². The summed E-state index contributed by atoms with van der Waals surface area (Å²) in [5.41, 5.74) is 4.48. The van der Waals surface area contributed by atoms with Crippen molar-refractivity contribution in [3.8, 4) is 11.1 Å². The fourth-order valence-electron chi connectivity index (χ4n) is 4.76. The number of aliphatic carboxylic acids is 1. The van der Waals surface area contributed by atoms with Gasteiger partial charge in [-0.15, -0.1) is 0 Å². The van der Waals surface area contributed by atoms with Crippen LogP contribution in [0.15, 0.2) is 48.5 Å². The predicted octanol–water partition coefficient (Wildman–Crippen LogP) is 4.80. The van der Waals surface area contributed by atoms with Crippen LogP contribution in [-0.4, -0.2) is 53.2 Å². The highest BCUT2D eigenvalue weighted by Crippen LogP contribution is 2.44. The molecule has 2 amide bonds. The van der Waals surface area contributed by atoms with E-state index in [1.807, 2.05) is 41.3 Å². The van der Waals surface area contributed by atoms with E-state index in [0.29, 0.717) is 12.5 Å². The lowest BCUT2D eigenvalue weighted by molar-refractivity contribution is -0.138. The van der Waals surface area contributed by atoms with Crippen molar-refractivity contribution in [3.05, 3.63) is 59.7 Å². The lowest BCUT2D eigenvalue weighted by Crippen LogP contribution is -2.50. The number of carboxylic acid groups (broad SMARTS) is 1. The van der Waals surface area contributed by atoms with Gasteiger partial charge in [-0.25, -0.2) is 4.79 Å². The summed E-state index contributed by atoms with van der Waals surface area (Å²) in [5, 5.41) is 11.9. The summed E-state index contributed by atoms with van der Waals surface area (Å²) >= 11 is 0. The minimum atomic E-state index is -1.00.